The van der Waals surface area contributed by atoms with Crippen LogP contribution in [0, 0.1) is 0 Å². The van der Waals surface area contributed by atoms with E-state index in [0.29, 0.717) is 47.4 Å². The second-order valence-electron chi connectivity index (χ2n) is 6.68. The highest BCUT2D eigenvalue weighted by Gasteiger charge is 2.08. The Bertz CT molecular complexity index is 1180. The number of aryl methyl sites for hydroxylation is 1. The number of rotatable bonds is 7. The van der Waals surface area contributed by atoms with Crippen molar-refractivity contribution in [1.82, 2.24) is 9.55 Å². The summed E-state index contributed by atoms with van der Waals surface area (Å²) in [6, 6.07) is 23.6. The molecule has 5 nitrogen and oxygen atoms in total. The van der Waals surface area contributed by atoms with E-state index in [0.717, 1.165) is 0 Å². The van der Waals surface area contributed by atoms with Crippen LogP contribution in [0.25, 0.3) is 10.9 Å². The Morgan fingerprint density at radius 2 is 1.55 bits per heavy atom. The molecule has 0 aliphatic rings. The Morgan fingerprint density at radius 1 is 0.862 bits per heavy atom. The van der Waals surface area contributed by atoms with Crippen molar-refractivity contribution in [2.75, 3.05) is 6.61 Å². The SMILES string of the molecule is O=C(c1ccccc1)c1ccc(OCCCn2cnc3ccccc3c2=O)cc1. The van der Waals surface area contributed by atoms with Crippen molar-refractivity contribution in [3.05, 3.63) is 107 Å². The number of nitrogens with zero attached hydrogens (tertiary/aromatic N) is 2. The minimum atomic E-state index is -0.0422. The van der Waals surface area contributed by atoms with Gasteiger partial charge in [0, 0.05) is 17.7 Å². The standard InChI is InChI=1S/C24H20N2O3/c27-23(18-7-2-1-3-8-18)19-11-13-20(14-12-19)29-16-6-15-26-17-25-22-10-5-4-9-21(22)24(26)28/h1-5,7-14,17H,6,15-16H2. The molecule has 29 heavy (non-hydrogen) atoms. The quantitative estimate of drug-likeness (QED) is 0.356. The number of benzene rings is 3. The topological polar surface area (TPSA) is 61.2 Å². The van der Waals surface area contributed by atoms with Gasteiger partial charge in [-0.2, -0.15) is 0 Å². The number of hydrogen-bond donors (Lipinski definition) is 0. The first kappa shape index (κ1) is 18.6. The van der Waals surface area contributed by atoms with Crippen molar-refractivity contribution in [1.29, 1.82) is 0 Å². The van der Waals surface area contributed by atoms with Crippen LogP contribution in [0.4, 0.5) is 0 Å². The van der Waals surface area contributed by atoms with E-state index in [1.807, 2.05) is 36.4 Å². The fourth-order valence-electron chi connectivity index (χ4n) is 3.15. The predicted molar refractivity (Wildman–Crippen MR) is 112 cm³/mol. The molecule has 0 saturated heterocycles. The van der Waals surface area contributed by atoms with Crippen LogP contribution in [-0.2, 0) is 6.54 Å². The lowest BCUT2D eigenvalue weighted by Crippen LogP contribution is -2.21. The van der Waals surface area contributed by atoms with Crippen LogP contribution in [0.3, 0.4) is 0 Å². The summed E-state index contributed by atoms with van der Waals surface area (Å²) in [4.78, 5) is 29.2. The highest BCUT2D eigenvalue weighted by molar-refractivity contribution is 6.08. The molecule has 0 aliphatic carbocycles. The molecule has 5 heteroatoms. The zero-order valence-electron chi connectivity index (χ0n) is 15.8. The number of para-hydroxylation sites is 1. The Kier molecular flexibility index (Phi) is 5.47. The fraction of sp³-hybridized carbons (Fsp3) is 0.125. The van der Waals surface area contributed by atoms with Gasteiger partial charge in [0.2, 0.25) is 0 Å². The number of hydrogen-bond acceptors (Lipinski definition) is 4. The van der Waals surface area contributed by atoms with E-state index in [1.165, 1.54) is 0 Å². The molecule has 0 spiro atoms. The van der Waals surface area contributed by atoms with Gasteiger partial charge in [-0.15, -0.1) is 0 Å². The molecular formula is C24H20N2O3. The number of fused-ring (bicyclic) bond motifs is 1. The maximum absolute atomic E-state index is 12.5. The van der Waals surface area contributed by atoms with Crippen LogP contribution in [-0.4, -0.2) is 21.9 Å². The van der Waals surface area contributed by atoms with Crippen molar-refractivity contribution in [2.45, 2.75) is 13.0 Å². The van der Waals surface area contributed by atoms with Crippen LogP contribution in [0.15, 0.2) is 90.0 Å². The van der Waals surface area contributed by atoms with Crippen LogP contribution in [0.2, 0.25) is 0 Å². The number of ether oxygens (including phenoxy) is 1. The second kappa shape index (κ2) is 8.52. The zero-order chi connectivity index (χ0) is 20.1. The lowest BCUT2D eigenvalue weighted by molar-refractivity contribution is 0.103. The van der Waals surface area contributed by atoms with Crippen molar-refractivity contribution >= 4 is 16.7 Å². The van der Waals surface area contributed by atoms with E-state index in [-0.39, 0.29) is 11.3 Å². The van der Waals surface area contributed by atoms with E-state index in [4.69, 9.17) is 4.74 Å². The summed E-state index contributed by atoms with van der Waals surface area (Å²) in [5, 5.41) is 0.620. The third kappa shape index (κ3) is 4.24. The second-order valence-corrected chi connectivity index (χ2v) is 6.68. The Morgan fingerprint density at radius 3 is 2.34 bits per heavy atom. The predicted octanol–water partition coefficient (Wildman–Crippen LogP) is 4.10. The molecule has 1 aromatic heterocycles. The fourth-order valence-corrected chi connectivity index (χ4v) is 3.15. The van der Waals surface area contributed by atoms with Gasteiger partial charge in [-0.05, 0) is 42.8 Å². The smallest absolute Gasteiger partial charge is 0.261 e. The summed E-state index contributed by atoms with van der Waals surface area (Å²) in [6.07, 6.45) is 2.25. The Balaban J connectivity index is 1.33. The molecule has 4 aromatic rings. The normalized spacial score (nSPS) is 10.8. The third-order valence-corrected chi connectivity index (χ3v) is 4.70. The minimum Gasteiger partial charge on any atom is -0.494 e. The molecule has 0 radical (unpaired) electrons. The van der Waals surface area contributed by atoms with Gasteiger partial charge >= 0.3 is 0 Å². The molecule has 0 unspecified atom stereocenters. The monoisotopic (exact) mass is 384 g/mol. The molecular weight excluding hydrogens is 364 g/mol. The molecule has 4 rings (SSSR count). The maximum atomic E-state index is 12.5. The molecule has 1 heterocycles. The van der Waals surface area contributed by atoms with Crippen molar-refractivity contribution in [3.8, 4) is 5.75 Å². The number of carbonyl (C=O) groups is 1. The molecule has 0 fully saturated rings. The van der Waals surface area contributed by atoms with Crippen LogP contribution in [0.5, 0.6) is 5.75 Å². The zero-order valence-corrected chi connectivity index (χ0v) is 15.8. The lowest BCUT2D eigenvalue weighted by atomic mass is 10.0. The van der Waals surface area contributed by atoms with Crippen LogP contribution in [0.1, 0.15) is 22.3 Å². The Labute approximate surface area is 168 Å². The van der Waals surface area contributed by atoms with Gasteiger partial charge in [0.25, 0.3) is 5.56 Å². The summed E-state index contributed by atoms with van der Waals surface area (Å²) in [5.74, 6) is 0.680. The molecule has 0 saturated carbocycles. The van der Waals surface area contributed by atoms with Gasteiger partial charge < -0.3 is 4.74 Å². The average Bonchev–Trinajstić information content (AvgIpc) is 2.79. The molecule has 3 aromatic carbocycles. The van der Waals surface area contributed by atoms with Gasteiger partial charge in [-0.25, -0.2) is 4.98 Å². The molecule has 0 atom stereocenters. The van der Waals surface area contributed by atoms with Gasteiger partial charge in [-0.1, -0.05) is 42.5 Å². The first-order chi connectivity index (χ1) is 14.2. The molecule has 0 aliphatic heterocycles. The van der Waals surface area contributed by atoms with Gasteiger partial charge in [0.05, 0.1) is 23.8 Å². The highest BCUT2D eigenvalue weighted by atomic mass is 16.5. The van der Waals surface area contributed by atoms with Crippen molar-refractivity contribution in [2.24, 2.45) is 0 Å². The average molecular weight is 384 g/mol. The third-order valence-electron chi connectivity index (χ3n) is 4.70. The molecule has 144 valence electrons. The summed E-state index contributed by atoms with van der Waals surface area (Å²) >= 11 is 0. The van der Waals surface area contributed by atoms with E-state index >= 15 is 0 Å². The van der Waals surface area contributed by atoms with Gasteiger partial charge in [-0.3, -0.25) is 14.2 Å². The summed E-state index contributed by atoms with van der Waals surface area (Å²) in [7, 11) is 0. The molecule has 0 N–H and O–H groups in total. The van der Waals surface area contributed by atoms with E-state index in [2.05, 4.69) is 4.98 Å². The van der Waals surface area contributed by atoms with E-state index in [1.54, 1.807) is 53.4 Å². The van der Waals surface area contributed by atoms with Crippen molar-refractivity contribution < 1.29 is 9.53 Å². The summed E-state index contributed by atoms with van der Waals surface area (Å²) in [5.41, 5.74) is 1.95. The largest absolute Gasteiger partial charge is 0.494 e. The summed E-state index contributed by atoms with van der Waals surface area (Å²) < 4.78 is 7.35. The van der Waals surface area contributed by atoms with Gasteiger partial charge in [0.15, 0.2) is 5.78 Å². The van der Waals surface area contributed by atoms with Gasteiger partial charge in [0.1, 0.15) is 5.75 Å². The molecule has 0 amide bonds. The number of aromatic nitrogens is 2. The van der Waals surface area contributed by atoms with Crippen LogP contribution >= 0.6 is 0 Å². The minimum absolute atomic E-state index is 0.0136. The van der Waals surface area contributed by atoms with Crippen molar-refractivity contribution in [3.63, 3.8) is 0 Å². The first-order valence-corrected chi connectivity index (χ1v) is 9.49. The number of ketones is 1. The molecule has 0 bridgehead atoms. The lowest BCUT2D eigenvalue weighted by Gasteiger charge is -2.09. The number of carbonyl (C=O) groups excluding carboxylic acids is 1. The van der Waals surface area contributed by atoms with E-state index in [9.17, 15) is 9.59 Å². The maximum Gasteiger partial charge on any atom is 0.261 e. The van der Waals surface area contributed by atoms with E-state index < -0.39 is 0 Å². The first-order valence-electron chi connectivity index (χ1n) is 9.49. The highest BCUT2D eigenvalue weighted by Crippen LogP contribution is 2.16. The summed E-state index contributed by atoms with van der Waals surface area (Å²) in [6.45, 7) is 0.993. The Hall–Kier alpha value is -3.73. The van der Waals surface area contributed by atoms with Crippen LogP contribution < -0.4 is 10.3 Å².